The zero-order chi connectivity index (χ0) is 9.97. The van der Waals surface area contributed by atoms with E-state index in [1.54, 1.807) is 0 Å². The van der Waals surface area contributed by atoms with Crippen LogP contribution in [0.25, 0.3) is 10.8 Å². The van der Waals surface area contributed by atoms with E-state index in [0.29, 0.717) is 0 Å². The zero-order valence-corrected chi connectivity index (χ0v) is 9.71. The van der Waals surface area contributed by atoms with Crippen LogP contribution in [0.3, 0.4) is 0 Å². The summed E-state index contributed by atoms with van der Waals surface area (Å²) in [5.41, 5.74) is 1.39. The number of hydrogen-bond donors (Lipinski definition) is 0. The molecule has 2 rings (SSSR count). The van der Waals surface area contributed by atoms with Crippen LogP contribution in [-0.2, 0) is 6.42 Å². The standard InChI is InChI=1S/C13H12Br/c1-2-5-10-6-3-7-11-8-4-9-12(14)13(10)11/h2-4,6-9H,5H2,1H3. The second-order valence-electron chi connectivity index (χ2n) is 3.37. The highest BCUT2D eigenvalue weighted by Gasteiger charge is 2.02. The summed E-state index contributed by atoms with van der Waals surface area (Å²) in [6.45, 7) is 2.09. The summed E-state index contributed by atoms with van der Waals surface area (Å²) in [4.78, 5) is 0. The van der Waals surface area contributed by atoms with E-state index in [9.17, 15) is 0 Å². The molecule has 0 unspecified atom stereocenters. The smallest absolute Gasteiger partial charge is 0.0256 e. The fourth-order valence-corrected chi connectivity index (χ4v) is 2.40. The maximum atomic E-state index is 3.60. The molecule has 0 nitrogen and oxygen atoms in total. The van der Waals surface area contributed by atoms with Crippen molar-refractivity contribution in [2.24, 2.45) is 0 Å². The molecule has 2 aromatic carbocycles. The molecule has 0 fully saturated rings. The van der Waals surface area contributed by atoms with E-state index < -0.39 is 0 Å². The van der Waals surface area contributed by atoms with Gasteiger partial charge in [-0.1, -0.05) is 53.2 Å². The normalized spacial score (nSPS) is 10.7. The molecule has 0 aliphatic carbocycles. The average Bonchev–Trinajstić information content (AvgIpc) is 2.19. The molecular formula is C13H12Br. The van der Waals surface area contributed by atoms with E-state index >= 15 is 0 Å². The summed E-state index contributed by atoms with van der Waals surface area (Å²) in [5.74, 6) is 0. The Labute approximate surface area is 93.1 Å². The Morgan fingerprint density at radius 3 is 2.57 bits per heavy atom. The largest absolute Gasteiger partial charge is 0.0619 e. The SMILES string of the molecule is C[CH]Cc1cccc2cccc(Br)c12. The first-order valence-electron chi connectivity index (χ1n) is 4.77. The van der Waals surface area contributed by atoms with Crippen molar-refractivity contribution in [2.75, 3.05) is 0 Å². The second kappa shape index (κ2) is 4.14. The van der Waals surface area contributed by atoms with Gasteiger partial charge in [0.05, 0.1) is 0 Å². The molecule has 1 heteroatoms. The van der Waals surface area contributed by atoms with Gasteiger partial charge in [0, 0.05) is 4.47 Å². The van der Waals surface area contributed by atoms with Gasteiger partial charge in [-0.25, -0.2) is 0 Å². The summed E-state index contributed by atoms with van der Waals surface area (Å²) < 4.78 is 1.19. The molecule has 0 amide bonds. The number of hydrogen-bond acceptors (Lipinski definition) is 0. The Hall–Kier alpha value is -0.820. The van der Waals surface area contributed by atoms with Gasteiger partial charge >= 0.3 is 0 Å². The first-order chi connectivity index (χ1) is 6.83. The van der Waals surface area contributed by atoms with Gasteiger partial charge in [-0.15, -0.1) is 0 Å². The lowest BCUT2D eigenvalue weighted by Crippen LogP contribution is -1.86. The van der Waals surface area contributed by atoms with Gasteiger partial charge in [0.1, 0.15) is 0 Å². The number of benzene rings is 2. The van der Waals surface area contributed by atoms with Crippen LogP contribution >= 0.6 is 15.9 Å². The lowest BCUT2D eigenvalue weighted by Gasteiger charge is -2.06. The van der Waals surface area contributed by atoms with Gasteiger partial charge in [0.15, 0.2) is 0 Å². The molecule has 0 saturated carbocycles. The fourth-order valence-electron chi connectivity index (χ4n) is 1.76. The molecule has 0 saturated heterocycles. The van der Waals surface area contributed by atoms with Crippen LogP contribution in [0.4, 0.5) is 0 Å². The molecular weight excluding hydrogens is 236 g/mol. The summed E-state index contributed by atoms with van der Waals surface area (Å²) in [6, 6.07) is 12.8. The van der Waals surface area contributed by atoms with Gasteiger partial charge < -0.3 is 0 Å². The van der Waals surface area contributed by atoms with Crippen LogP contribution in [0.2, 0.25) is 0 Å². The third-order valence-corrected chi connectivity index (χ3v) is 3.03. The highest BCUT2D eigenvalue weighted by atomic mass is 79.9. The molecule has 0 N–H and O–H groups in total. The number of halogens is 1. The van der Waals surface area contributed by atoms with Crippen molar-refractivity contribution < 1.29 is 0 Å². The topological polar surface area (TPSA) is 0 Å². The molecule has 2 aromatic rings. The Balaban J connectivity index is 2.71. The van der Waals surface area contributed by atoms with Crippen LogP contribution < -0.4 is 0 Å². The van der Waals surface area contributed by atoms with Gasteiger partial charge in [-0.05, 0) is 35.2 Å². The molecule has 1 radical (unpaired) electrons. The average molecular weight is 248 g/mol. The Morgan fingerprint density at radius 1 is 1.14 bits per heavy atom. The number of fused-ring (bicyclic) bond motifs is 1. The van der Waals surface area contributed by atoms with E-state index in [4.69, 9.17) is 0 Å². The minimum atomic E-state index is 1.03. The lowest BCUT2D eigenvalue weighted by molar-refractivity contribution is 1.16. The predicted octanol–water partition coefficient (Wildman–Crippen LogP) is 4.37. The quantitative estimate of drug-likeness (QED) is 0.740. The second-order valence-corrected chi connectivity index (χ2v) is 4.22. The van der Waals surface area contributed by atoms with Crippen molar-refractivity contribution >= 4 is 26.7 Å². The van der Waals surface area contributed by atoms with E-state index in [2.05, 4.69) is 65.7 Å². The summed E-state index contributed by atoms with van der Waals surface area (Å²) in [6.07, 6.45) is 3.22. The van der Waals surface area contributed by atoms with Gasteiger partial charge in [-0.3, -0.25) is 0 Å². The molecule has 0 aliphatic heterocycles. The summed E-state index contributed by atoms with van der Waals surface area (Å²) >= 11 is 3.60. The number of rotatable bonds is 2. The molecule has 0 spiro atoms. The molecule has 0 atom stereocenters. The third-order valence-electron chi connectivity index (χ3n) is 2.36. The van der Waals surface area contributed by atoms with E-state index in [1.165, 1.54) is 20.8 Å². The Morgan fingerprint density at radius 2 is 1.86 bits per heavy atom. The van der Waals surface area contributed by atoms with E-state index in [1.807, 2.05) is 0 Å². The highest BCUT2D eigenvalue weighted by Crippen LogP contribution is 2.27. The fraction of sp³-hybridized carbons (Fsp3) is 0.154. The van der Waals surface area contributed by atoms with Crippen LogP contribution in [0.1, 0.15) is 12.5 Å². The third kappa shape index (κ3) is 1.69. The van der Waals surface area contributed by atoms with Crippen molar-refractivity contribution in [3.8, 4) is 0 Å². The maximum Gasteiger partial charge on any atom is 0.0256 e. The monoisotopic (exact) mass is 247 g/mol. The molecule has 14 heavy (non-hydrogen) atoms. The van der Waals surface area contributed by atoms with E-state index in [-0.39, 0.29) is 0 Å². The minimum Gasteiger partial charge on any atom is -0.0619 e. The molecule has 0 heterocycles. The van der Waals surface area contributed by atoms with Gasteiger partial charge in [0.25, 0.3) is 0 Å². The molecule has 0 aliphatic rings. The summed E-state index contributed by atoms with van der Waals surface area (Å²) in [7, 11) is 0. The van der Waals surface area contributed by atoms with Gasteiger partial charge in [-0.2, -0.15) is 0 Å². The molecule has 0 bridgehead atoms. The first kappa shape index (κ1) is 9.72. The maximum absolute atomic E-state index is 3.60. The van der Waals surface area contributed by atoms with Crippen LogP contribution in [-0.4, -0.2) is 0 Å². The van der Waals surface area contributed by atoms with Crippen molar-refractivity contribution in [2.45, 2.75) is 13.3 Å². The molecule has 0 aromatic heterocycles. The molecule has 71 valence electrons. The van der Waals surface area contributed by atoms with Crippen molar-refractivity contribution in [1.29, 1.82) is 0 Å². The predicted molar refractivity (Wildman–Crippen MR) is 65.3 cm³/mol. The van der Waals surface area contributed by atoms with Crippen LogP contribution in [0.5, 0.6) is 0 Å². The van der Waals surface area contributed by atoms with Gasteiger partial charge in [0.2, 0.25) is 0 Å². The van der Waals surface area contributed by atoms with Crippen LogP contribution in [0, 0.1) is 6.42 Å². The van der Waals surface area contributed by atoms with E-state index in [0.717, 1.165) is 6.42 Å². The Bertz CT molecular complexity index is 441. The van der Waals surface area contributed by atoms with Crippen LogP contribution in [0.15, 0.2) is 40.9 Å². The Kier molecular flexibility index (Phi) is 2.87. The minimum absolute atomic E-state index is 1.03. The first-order valence-corrected chi connectivity index (χ1v) is 5.56. The highest BCUT2D eigenvalue weighted by molar-refractivity contribution is 9.10. The van der Waals surface area contributed by atoms with Crippen molar-refractivity contribution in [1.82, 2.24) is 0 Å². The lowest BCUT2D eigenvalue weighted by atomic mass is 10.0. The van der Waals surface area contributed by atoms with Crippen molar-refractivity contribution in [3.63, 3.8) is 0 Å². The zero-order valence-electron chi connectivity index (χ0n) is 8.13. The van der Waals surface area contributed by atoms with Crippen molar-refractivity contribution in [3.05, 3.63) is 52.9 Å². The summed E-state index contributed by atoms with van der Waals surface area (Å²) in [5, 5.41) is 2.65.